The molecule has 0 aromatic carbocycles. The molecule has 2 atom stereocenters. The minimum Gasteiger partial charge on any atom is -0.297 e. The van der Waals surface area contributed by atoms with Gasteiger partial charge in [-0.15, -0.1) is 0 Å². The molecule has 2 unspecified atom stereocenters. The lowest BCUT2D eigenvalue weighted by atomic mass is 9.75. The Labute approximate surface area is 137 Å². The largest absolute Gasteiger partial charge is 0.297 e. The standard InChI is InChI=1S/C19H25N3O/c1-14-5-4-9-22-18(23)11-17(20-19(14)22)13-21-10-8-15-6-2-3-7-16(15)12-21/h4-5,9,11,15-16H,2-3,6-8,10,12-13H2,1H3. The lowest BCUT2D eigenvalue weighted by molar-refractivity contribution is 0.0812. The van der Waals surface area contributed by atoms with Crippen LogP contribution in [0, 0.1) is 18.8 Å². The molecule has 1 saturated heterocycles. The van der Waals surface area contributed by atoms with E-state index in [0.29, 0.717) is 0 Å². The van der Waals surface area contributed by atoms with Gasteiger partial charge in [-0.1, -0.05) is 25.3 Å². The third kappa shape index (κ3) is 2.92. The maximum absolute atomic E-state index is 12.3. The smallest absolute Gasteiger partial charge is 0.258 e. The predicted octanol–water partition coefficient (Wildman–Crippen LogP) is 3.02. The zero-order valence-corrected chi connectivity index (χ0v) is 13.9. The van der Waals surface area contributed by atoms with Crippen LogP contribution < -0.4 is 5.56 Å². The molecular weight excluding hydrogens is 286 g/mol. The molecule has 0 radical (unpaired) electrons. The van der Waals surface area contributed by atoms with Crippen LogP contribution in [0.25, 0.3) is 5.65 Å². The number of likely N-dealkylation sites (tertiary alicyclic amines) is 1. The fraction of sp³-hybridized carbons (Fsp3) is 0.579. The third-order valence-corrected chi connectivity index (χ3v) is 5.70. The van der Waals surface area contributed by atoms with E-state index in [2.05, 4.69) is 4.90 Å². The van der Waals surface area contributed by atoms with Crippen LogP contribution in [0.4, 0.5) is 0 Å². The fourth-order valence-electron chi connectivity index (χ4n) is 4.44. The Morgan fingerprint density at radius 2 is 2.04 bits per heavy atom. The lowest BCUT2D eigenvalue weighted by Gasteiger charge is -2.41. The van der Waals surface area contributed by atoms with Crippen molar-refractivity contribution in [1.82, 2.24) is 14.3 Å². The summed E-state index contributed by atoms with van der Waals surface area (Å²) in [4.78, 5) is 19.6. The van der Waals surface area contributed by atoms with E-state index in [1.165, 1.54) is 38.6 Å². The third-order valence-electron chi connectivity index (χ3n) is 5.70. The first-order valence-electron chi connectivity index (χ1n) is 8.91. The first-order valence-corrected chi connectivity index (χ1v) is 8.91. The summed E-state index contributed by atoms with van der Waals surface area (Å²) in [6, 6.07) is 5.62. The van der Waals surface area contributed by atoms with Crippen LogP contribution in [0.15, 0.2) is 29.2 Å². The predicted molar refractivity (Wildman–Crippen MR) is 91.5 cm³/mol. The molecule has 1 saturated carbocycles. The van der Waals surface area contributed by atoms with Crippen LogP contribution in [-0.2, 0) is 6.54 Å². The fourth-order valence-corrected chi connectivity index (χ4v) is 4.44. The average Bonchev–Trinajstić information content (AvgIpc) is 2.56. The van der Waals surface area contributed by atoms with Crippen molar-refractivity contribution in [2.24, 2.45) is 11.8 Å². The molecule has 23 heavy (non-hydrogen) atoms. The molecule has 4 nitrogen and oxygen atoms in total. The maximum Gasteiger partial charge on any atom is 0.258 e. The minimum atomic E-state index is 0.0289. The van der Waals surface area contributed by atoms with Gasteiger partial charge in [0, 0.05) is 25.4 Å². The van der Waals surface area contributed by atoms with Gasteiger partial charge in [0.25, 0.3) is 5.56 Å². The van der Waals surface area contributed by atoms with Gasteiger partial charge >= 0.3 is 0 Å². The number of aryl methyl sites for hydroxylation is 1. The Morgan fingerprint density at radius 3 is 2.91 bits per heavy atom. The van der Waals surface area contributed by atoms with Gasteiger partial charge in [0.15, 0.2) is 0 Å². The Bertz CT molecular complexity index is 767. The van der Waals surface area contributed by atoms with E-state index in [1.54, 1.807) is 16.7 Å². The van der Waals surface area contributed by atoms with Crippen molar-refractivity contribution in [2.75, 3.05) is 13.1 Å². The topological polar surface area (TPSA) is 37.6 Å². The molecule has 2 aromatic rings. The maximum atomic E-state index is 12.3. The number of hydrogen-bond acceptors (Lipinski definition) is 3. The number of hydrogen-bond donors (Lipinski definition) is 0. The molecule has 2 fully saturated rings. The number of piperidine rings is 1. The zero-order valence-electron chi connectivity index (χ0n) is 13.9. The van der Waals surface area contributed by atoms with E-state index in [9.17, 15) is 4.79 Å². The van der Waals surface area contributed by atoms with E-state index in [4.69, 9.17) is 4.98 Å². The van der Waals surface area contributed by atoms with Crippen molar-refractivity contribution in [1.29, 1.82) is 0 Å². The zero-order chi connectivity index (χ0) is 15.8. The van der Waals surface area contributed by atoms with Gasteiger partial charge in [0.05, 0.1) is 5.69 Å². The molecule has 122 valence electrons. The summed E-state index contributed by atoms with van der Waals surface area (Å²) in [5.74, 6) is 1.80. The molecule has 3 heterocycles. The quantitative estimate of drug-likeness (QED) is 0.855. The van der Waals surface area contributed by atoms with Crippen LogP contribution in [0.5, 0.6) is 0 Å². The summed E-state index contributed by atoms with van der Waals surface area (Å²) < 4.78 is 1.65. The van der Waals surface area contributed by atoms with E-state index in [1.807, 2.05) is 19.1 Å². The van der Waals surface area contributed by atoms with Crippen LogP contribution in [-0.4, -0.2) is 27.4 Å². The monoisotopic (exact) mass is 311 g/mol. The Balaban J connectivity index is 1.56. The normalized spacial score (nSPS) is 25.4. The average molecular weight is 311 g/mol. The SMILES string of the molecule is Cc1cccn2c(=O)cc(CN3CCC4CCCCC4C3)nc12. The second-order valence-corrected chi connectivity index (χ2v) is 7.30. The summed E-state index contributed by atoms with van der Waals surface area (Å²) in [7, 11) is 0. The number of rotatable bonds is 2. The molecule has 2 aliphatic rings. The van der Waals surface area contributed by atoms with Crippen LogP contribution in [0.1, 0.15) is 43.4 Å². The summed E-state index contributed by atoms with van der Waals surface area (Å²) in [5.41, 5.74) is 2.79. The van der Waals surface area contributed by atoms with Crippen molar-refractivity contribution in [2.45, 2.75) is 45.6 Å². The van der Waals surface area contributed by atoms with Gasteiger partial charge in [-0.05, 0) is 49.8 Å². The van der Waals surface area contributed by atoms with Gasteiger partial charge in [-0.2, -0.15) is 0 Å². The number of fused-ring (bicyclic) bond motifs is 2. The first kappa shape index (κ1) is 14.9. The number of nitrogens with zero attached hydrogens (tertiary/aromatic N) is 3. The summed E-state index contributed by atoms with van der Waals surface area (Å²) >= 11 is 0. The second kappa shape index (κ2) is 6.08. The lowest BCUT2D eigenvalue weighted by Crippen LogP contribution is -2.41. The van der Waals surface area contributed by atoms with Crippen molar-refractivity contribution >= 4 is 5.65 Å². The van der Waals surface area contributed by atoms with Crippen molar-refractivity contribution in [3.63, 3.8) is 0 Å². The highest BCUT2D eigenvalue weighted by Gasteiger charge is 2.31. The van der Waals surface area contributed by atoms with Crippen molar-refractivity contribution < 1.29 is 0 Å². The molecule has 1 aliphatic carbocycles. The Hall–Kier alpha value is -1.68. The van der Waals surface area contributed by atoms with Crippen LogP contribution in [0.2, 0.25) is 0 Å². The molecule has 0 amide bonds. The van der Waals surface area contributed by atoms with Gasteiger partial charge in [0.2, 0.25) is 0 Å². The molecule has 4 heteroatoms. The van der Waals surface area contributed by atoms with Crippen LogP contribution >= 0.6 is 0 Å². The first-order chi connectivity index (χ1) is 11.2. The Kier molecular flexibility index (Phi) is 3.93. The van der Waals surface area contributed by atoms with Crippen molar-refractivity contribution in [3.8, 4) is 0 Å². The van der Waals surface area contributed by atoms with E-state index < -0.39 is 0 Å². The molecule has 4 rings (SSSR count). The molecule has 0 N–H and O–H groups in total. The van der Waals surface area contributed by atoms with Gasteiger partial charge < -0.3 is 0 Å². The summed E-state index contributed by atoms with van der Waals surface area (Å²) in [6.45, 7) is 5.15. The van der Waals surface area contributed by atoms with E-state index in [0.717, 1.165) is 41.8 Å². The van der Waals surface area contributed by atoms with Gasteiger partial charge in [0.1, 0.15) is 5.65 Å². The molecule has 1 aliphatic heterocycles. The van der Waals surface area contributed by atoms with Gasteiger partial charge in [-0.25, -0.2) is 4.98 Å². The minimum absolute atomic E-state index is 0.0289. The molecule has 0 spiro atoms. The Morgan fingerprint density at radius 1 is 1.22 bits per heavy atom. The second-order valence-electron chi connectivity index (χ2n) is 7.30. The number of aromatic nitrogens is 2. The molecular formula is C19H25N3O. The highest BCUT2D eigenvalue weighted by atomic mass is 16.1. The molecule has 2 aromatic heterocycles. The summed E-state index contributed by atoms with van der Waals surface area (Å²) in [5, 5.41) is 0. The highest BCUT2D eigenvalue weighted by molar-refractivity contribution is 5.46. The molecule has 0 bridgehead atoms. The van der Waals surface area contributed by atoms with Gasteiger partial charge in [-0.3, -0.25) is 14.1 Å². The number of pyridine rings is 1. The summed E-state index contributed by atoms with van der Waals surface area (Å²) in [6.07, 6.45) is 8.74. The van der Waals surface area contributed by atoms with Crippen molar-refractivity contribution in [3.05, 3.63) is 46.0 Å². The highest BCUT2D eigenvalue weighted by Crippen LogP contribution is 2.36. The van der Waals surface area contributed by atoms with Crippen LogP contribution in [0.3, 0.4) is 0 Å². The van der Waals surface area contributed by atoms with E-state index in [-0.39, 0.29) is 5.56 Å². The van der Waals surface area contributed by atoms with E-state index >= 15 is 0 Å².